The molecule has 3 aromatic rings. The maximum atomic E-state index is 12.3. The van der Waals surface area contributed by atoms with Gasteiger partial charge in [-0.25, -0.2) is 0 Å². The van der Waals surface area contributed by atoms with E-state index in [-0.39, 0.29) is 5.91 Å². The monoisotopic (exact) mass is 344 g/mol. The number of rotatable bonds is 2. The highest BCUT2D eigenvalue weighted by molar-refractivity contribution is 7.21. The van der Waals surface area contributed by atoms with Gasteiger partial charge in [0, 0.05) is 15.3 Å². The van der Waals surface area contributed by atoms with Crippen molar-refractivity contribution >= 4 is 44.8 Å². The van der Waals surface area contributed by atoms with Crippen molar-refractivity contribution in [2.75, 3.05) is 0 Å². The second kappa shape index (κ2) is 6.40. The Morgan fingerprint density at radius 3 is 2.30 bits per heavy atom. The first-order valence-corrected chi connectivity index (χ1v) is 8.10. The van der Waals surface area contributed by atoms with Gasteiger partial charge in [-0.15, -0.1) is 11.3 Å². The summed E-state index contributed by atoms with van der Waals surface area (Å²) in [6.45, 7) is 1.90. The van der Waals surface area contributed by atoms with Gasteiger partial charge in [0.1, 0.15) is 0 Å². The standard InChI is InChI=1S/C17H13ClN2O2S/c1-10-13-4-2-3-5-14(13)23-15(10)17(22)20-19-16(21)11-6-8-12(18)9-7-11/h2-9H,1H3,(H,19,21)(H,20,22). The zero-order chi connectivity index (χ0) is 16.4. The van der Waals surface area contributed by atoms with Gasteiger partial charge in [0.25, 0.3) is 11.8 Å². The molecule has 2 N–H and O–H groups in total. The largest absolute Gasteiger partial charge is 0.280 e. The van der Waals surface area contributed by atoms with Crippen molar-refractivity contribution < 1.29 is 9.59 Å². The van der Waals surface area contributed by atoms with Crippen LogP contribution in [0.1, 0.15) is 25.6 Å². The number of carbonyl (C=O) groups is 2. The molecule has 2 amide bonds. The first kappa shape index (κ1) is 15.5. The smallest absolute Gasteiger partial charge is 0.267 e. The fourth-order valence-electron chi connectivity index (χ4n) is 2.23. The Hall–Kier alpha value is -2.37. The molecule has 0 aliphatic carbocycles. The van der Waals surface area contributed by atoms with Crippen LogP contribution >= 0.6 is 22.9 Å². The lowest BCUT2D eigenvalue weighted by Crippen LogP contribution is -2.41. The highest BCUT2D eigenvalue weighted by Gasteiger charge is 2.16. The van der Waals surface area contributed by atoms with Gasteiger partial charge in [-0.3, -0.25) is 20.4 Å². The van der Waals surface area contributed by atoms with Gasteiger partial charge in [-0.05, 0) is 48.2 Å². The number of aryl methyl sites for hydroxylation is 1. The van der Waals surface area contributed by atoms with Crippen molar-refractivity contribution in [2.45, 2.75) is 6.92 Å². The molecule has 2 aromatic carbocycles. The summed E-state index contributed by atoms with van der Waals surface area (Å²) in [4.78, 5) is 24.9. The molecule has 0 unspecified atom stereocenters. The van der Waals surface area contributed by atoms with Gasteiger partial charge >= 0.3 is 0 Å². The molecular weight excluding hydrogens is 332 g/mol. The molecule has 4 nitrogen and oxygen atoms in total. The van der Waals surface area contributed by atoms with Crippen LogP contribution in [0.25, 0.3) is 10.1 Å². The normalized spacial score (nSPS) is 10.5. The van der Waals surface area contributed by atoms with E-state index in [1.807, 2.05) is 31.2 Å². The first-order chi connectivity index (χ1) is 11.1. The third kappa shape index (κ3) is 3.21. The molecule has 1 heterocycles. The number of halogens is 1. The lowest BCUT2D eigenvalue weighted by Gasteiger charge is -2.07. The van der Waals surface area contributed by atoms with Crippen LogP contribution in [0.3, 0.4) is 0 Å². The van der Waals surface area contributed by atoms with Gasteiger partial charge in [0.2, 0.25) is 0 Å². The Kier molecular flexibility index (Phi) is 4.32. The molecule has 0 fully saturated rings. The molecule has 0 radical (unpaired) electrons. The number of hydrogen-bond acceptors (Lipinski definition) is 3. The molecule has 0 aliphatic rings. The first-order valence-electron chi connectivity index (χ1n) is 6.90. The van der Waals surface area contributed by atoms with E-state index in [4.69, 9.17) is 11.6 Å². The summed E-state index contributed by atoms with van der Waals surface area (Å²) in [7, 11) is 0. The van der Waals surface area contributed by atoms with E-state index in [9.17, 15) is 9.59 Å². The molecule has 1 aromatic heterocycles. The minimum atomic E-state index is -0.395. The predicted molar refractivity (Wildman–Crippen MR) is 92.9 cm³/mol. The zero-order valence-electron chi connectivity index (χ0n) is 12.2. The van der Waals surface area contributed by atoms with E-state index in [1.54, 1.807) is 24.3 Å². The van der Waals surface area contributed by atoms with Crippen molar-refractivity contribution in [1.29, 1.82) is 0 Å². The predicted octanol–water partition coefficient (Wildman–Crippen LogP) is 3.94. The quantitative estimate of drug-likeness (QED) is 0.692. The number of carbonyl (C=O) groups excluding carboxylic acids is 2. The number of nitrogens with one attached hydrogen (secondary N) is 2. The number of fused-ring (bicyclic) bond motifs is 1. The van der Waals surface area contributed by atoms with Crippen molar-refractivity contribution in [2.24, 2.45) is 0 Å². The van der Waals surface area contributed by atoms with Crippen LogP contribution in [-0.4, -0.2) is 11.8 Å². The highest BCUT2D eigenvalue weighted by Crippen LogP contribution is 2.30. The Morgan fingerprint density at radius 2 is 1.61 bits per heavy atom. The third-order valence-electron chi connectivity index (χ3n) is 3.45. The van der Waals surface area contributed by atoms with Crippen LogP contribution in [0.2, 0.25) is 5.02 Å². The minimum Gasteiger partial charge on any atom is -0.267 e. The second-order valence-corrected chi connectivity index (χ2v) is 6.46. The molecule has 0 saturated carbocycles. The molecular formula is C17H13ClN2O2S. The van der Waals surface area contributed by atoms with E-state index in [2.05, 4.69) is 10.9 Å². The van der Waals surface area contributed by atoms with Gasteiger partial charge < -0.3 is 0 Å². The Labute approximate surface area is 142 Å². The number of hydrazine groups is 1. The summed E-state index contributed by atoms with van der Waals surface area (Å²) in [5.74, 6) is -0.722. The molecule has 0 saturated heterocycles. The molecule has 23 heavy (non-hydrogen) atoms. The molecule has 116 valence electrons. The summed E-state index contributed by atoms with van der Waals surface area (Å²) in [5, 5.41) is 1.60. The third-order valence-corrected chi connectivity index (χ3v) is 4.97. The summed E-state index contributed by atoms with van der Waals surface area (Å²) in [6.07, 6.45) is 0. The maximum absolute atomic E-state index is 12.3. The molecule has 0 bridgehead atoms. The molecule has 0 atom stereocenters. The Balaban J connectivity index is 1.72. The van der Waals surface area contributed by atoms with Crippen molar-refractivity contribution in [3.05, 3.63) is 69.6 Å². The van der Waals surface area contributed by atoms with Crippen molar-refractivity contribution in [1.82, 2.24) is 10.9 Å². The summed E-state index contributed by atoms with van der Waals surface area (Å²) >= 11 is 7.18. The molecule has 0 spiro atoms. The number of hydrogen-bond donors (Lipinski definition) is 2. The number of benzene rings is 2. The van der Waals surface area contributed by atoms with E-state index >= 15 is 0 Å². The maximum Gasteiger partial charge on any atom is 0.280 e. The number of amides is 2. The van der Waals surface area contributed by atoms with Crippen LogP contribution in [0.5, 0.6) is 0 Å². The van der Waals surface area contributed by atoms with Crippen molar-refractivity contribution in [3.8, 4) is 0 Å². The van der Waals surface area contributed by atoms with E-state index in [1.165, 1.54) is 11.3 Å². The molecule has 6 heteroatoms. The van der Waals surface area contributed by atoms with Crippen LogP contribution in [0.15, 0.2) is 48.5 Å². The molecule has 0 aliphatic heterocycles. The van der Waals surface area contributed by atoms with Gasteiger partial charge in [-0.2, -0.15) is 0 Å². The Morgan fingerprint density at radius 1 is 0.957 bits per heavy atom. The van der Waals surface area contributed by atoms with Crippen LogP contribution < -0.4 is 10.9 Å². The van der Waals surface area contributed by atoms with Crippen LogP contribution in [0.4, 0.5) is 0 Å². The van der Waals surface area contributed by atoms with Gasteiger partial charge in [0.15, 0.2) is 0 Å². The van der Waals surface area contributed by atoms with Gasteiger partial charge in [-0.1, -0.05) is 29.8 Å². The van der Waals surface area contributed by atoms with E-state index in [0.717, 1.165) is 15.6 Å². The lowest BCUT2D eigenvalue weighted by molar-refractivity contribution is 0.0848. The summed E-state index contributed by atoms with van der Waals surface area (Å²) < 4.78 is 1.04. The van der Waals surface area contributed by atoms with E-state index in [0.29, 0.717) is 15.5 Å². The average molecular weight is 345 g/mol. The highest BCUT2D eigenvalue weighted by atomic mass is 35.5. The van der Waals surface area contributed by atoms with Gasteiger partial charge in [0.05, 0.1) is 4.88 Å². The fourth-order valence-corrected chi connectivity index (χ4v) is 3.47. The molecule has 3 rings (SSSR count). The summed E-state index contributed by atoms with van der Waals surface area (Å²) in [5.41, 5.74) is 6.19. The second-order valence-electron chi connectivity index (χ2n) is 4.97. The topological polar surface area (TPSA) is 58.2 Å². The SMILES string of the molecule is Cc1c(C(=O)NNC(=O)c2ccc(Cl)cc2)sc2ccccc12. The minimum absolute atomic E-state index is 0.328. The lowest BCUT2D eigenvalue weighted by atomic mass is 10.1. The fraction of sp³-hybridized carbons (Fsp3) is 0.0588. The summed E-state index contributed by atoms with van der Waals surface area (Å²) in [6, 6.07) is 14.2. The van der Waals surface area contributed by atoms with Crippen LogP contribution in [0, 0.1) is 6.92 Å². The zero-order valence-corrected chi connectivity index (χ0v) is 13.8. The number of thiophene rings is 1. The Bertz CT molecular complexity index is 887. The van der Waals surface area contributed by atoms with Crippen molar-refractivity contribution in [3.63, 3.8) is 0 Å². The van der Waals surface area contributed by atoms with E-state index < -0.39 is 5.91 Å². The van der Waals surface area contributed by atoms with Crippen LogP contribution in [-0.2, 0) is 0 Å². The average Bonchev–Trinajstić information content (AvgIpc) is 2.90.